The summed E-state index contributed by atoms with van der Waals surface area (Å²) in [4.78, 5) is 24.0. The Morgan fingerprint density at radius 2 is 1.55 bits per heavy atom. The zero-order chi connectivity index (χ0) is 21.9. The van der Waals surface area contributed by atoms with Gasteiger partial charge in [0.25, 0.3) is 5.91 Å². The standard InChI is InChI=1S/C25H25N3O3/c1-19(22-10-6-3-7-11-22)27-25(30)18-31-23-14-12-21(13-15-23)17-26-28-24(29)16-20-8-4-2-5-9-20/h2-15,17,19H,16,18H2,1H3,(H,27,30)(H,28,29)/b26-17+/t19-/m1/s1. The van der Waals surface area contributed by atoms with E-state index in [4.69, 9.17) is 4.74 Å². The Balaban J connectivity index is 1.40. The third kappa shape index (κ3) is 7.44. The quantitative estimate of drug-likeness (QED) is 0.414. The monoisotopic (exact) mass is 415 g/mol. The van der Waals surface area contributed by atoms with E-state index in [0.717, 1.165) is 16.7 Å². The van der Waals surface area contributed by atoms with Gasteiger partial charge >= 0.3 is 0 Å². The number of amides is 2. The summed E-state index contributed by atoms with van der Waals surface area (Å²) in [6.07, 6.45) is 1.83. The van der Waals surface area contributed by atoms with E-state index in [1.54, 1.807) is 30.5 Å². The fourth-order valence-corrected chi connectivity index (χ4v) is 2.91. The summed E-state index contributed by atoms with van der Waals surface area (Å²) in [5, 5.41) is 6.88. The van der Waals surface area contributed by atoms with E-state index in [1.807, 2.05) is 67.6 Å². The second-order valence-corrected chi connectivity index (χ2v) is 7.01. The van der Waals surface area contributed by atoms with Crippen molar-refractivity contribution in [2.75, 3.05) is 6.61 Å². The largest absolute Gasteiger partial charge is 0.484 e. The number of hydrogen-bond donors (Lipinski definition) is 2. The molecule has 3 aromatic rings. The van der Waals surface area contributed by atoms with E-state index in [9.17, 15) is 9.59 Å². The maximum absolute atomic E-state index is 12.1. The molecular formula is C25H25N3O3. The van der Waals surface area contributed by atoms with Crippen LogP contribution >= 0.6 is 0 Å². The Bertz CT molecular complexity index is 1000. The maximum atomic E-state index is 12.1. The van der Waals surface area contributed by atoms with E-state index in [0.29, 0.717) is 5.75 Å². The molecule has 0 aliphatic carbocycles. The molecule has 6 nitrogen and oxygen atoms in total. The summed E-state index contributed by atoms with van der Waals surface area (Å²) < 4.78 is 5.54. The molecule has 2 amide bonds. The van der Waals surface area contributed by atoms with Gasteiger partial charge in [-0.05, 0) is 47.9 Å². The lowest BCUT2D eigenvalue weighted by Gasteiger charge is -2.14. The second-order valence-electron chi connectivity index (χ2n) is 7.01. The van der Waals surface area contributed by atoms with Crippen molar-refractivity contribution in [1.82, 2.24) is 10.7 Å². The van der Waals surface area contributed by atoms with Crippen LogP contribution in [-0.2, 0) is 16.0 Å². The van der Waals surface area contributed by atoms with Crippen molar-refractivity contribution in [1.29, 1.82) is 0 Å². The minimum absolute atomic E-state index is 0.0693. The molecule has 3 aromatic carbocycles. The van der Waals surface area contributed by atoms with Crippen molar-refractivity contribution in [2.24, 2.45) is 5.10 Å². The van der Waals surface area contributed by atoms with Gasteiger partial charge in [-0.1, -0.05) is 60.7 Å². The number of nitrogens with zero attached hydrogens (tertiary/aromatic N) is 1. The predicted molar refractivity (Wildman–Crippen MR) is 121 cm³/mol. The third-order valence-corrected chi connectivity index (χ3v) is 4.54. The van der Waals surface area contributed by atoms with Gasteiger partial charge in [0.05, 0.1) is 18.7 Å². The minimum atomic E-state index is -0.192. The van der Waals surface area contributed by atoms with Gasteiger partial charge in [-0.25, -0.2) is 5.43 Å². The molecule has 2 N–H and O–H groups in total. The number of carbonyl (C=O) groups is 2. The molecule has 6 heteroatoms. The summed E-state index contributed by atoms with van der Waals surface area (Å²) in [6.45, 7) is 1.86. The highest BCUT2D eigenvalue weighted by molar-refractivity contribution is 5.83. The highest BCUT2D eigenvalue weighted by Gasteiger charge is 2.09. The van der Waals surface area contributed by atoms with Crippen LogP contribution in [0.15, 0.2) is 90.0 Å². The lowest BCUT2D eigenvalue weighted by atomic mass is 10.1. The first-order chi connectivity index (χ1) is 15.1. The average molecular weight is 415 g/mol. The Hall–Kier alpha value is -3.93. The van der Waals surface area contributed by atoms with Crippen molar-refractivity contribution < 1.29 is 14.3 Å². The van der Waals surface area contributed by atoms with Gasteiger partial charge in [0.1, 0.15) is 5.75 Å². The molecule has 0 fully saturated rings. The normalized spacial score (nSPS) is 11.6. The second kappa shape index (κ2) is 11.3. The van der Waals surface area contributed by atoms with E-state index < -0.39 is 0 Å². The van der Waals surface area contributed by atoms with Crippen molar-refractivity contribution in [3.8, 4) is 5.75 Å². The predicted octanol–water partition coefficient (Wildman–Crippen LogP) is 3.64. The number of hydrazone groups is 1. The lowest BCUT2D eigenvalue weighted by molar-refractivity contribution is -0.123. The zero-order valence-electron chi connectivity index (χ0n) is 17.3. The highest BCUT2D eigenvalue weighted by Crippen LogP contribution is 2.13. The lowest BCUT2D eigenvalue weighted by Crippen LogP contribution is -2.31. The molecule has 0 spiro atoms. The summed E-state index contributed by atoms with van der Waals surface area (Å²) in [7, 11) is 0. The van der Waals surface area contributed by atoms with Gasteiger partial charge in [-0.15, -0.1) is 0 Å². The first-order valence-electron chi connectivity index (χ1n) is 10.0. The Morgan fingerprint density at radius 1 is 0.903 bits per heavy atom. The summed E-state index contributed by atoms with van der Waals surface area (Å²) in [5.41, 5.74) is 5.28. The van der Waals surface area contributed by atoms with Crippen LogP contribution in [0.1, 0.15) is 29.7 Å². The fourth-order valence-electron chi connectivity index (χ4n) is 2.91. The van der Waals surface area contributed by atoms with Gasteiger partial charge in [-0.2, -0.15) is 5.10 Å². The number of carbonyl (C=O) groups excluding carboxylic acids is 2. The van der Waals surface area contributed by atoms with E-state index >= 15 is 0 Å². The Labute approximate surface area is 182 Å². The van der Waals surface area contributed by atoms with Gasteiger partial charge in [0, 0.05) is 0 Å². The van der Waals surface area contributed by atoms with Crippen LogP contribution in [0.5, 0.6) is 5.75 Å². The summed E-state index contributed by atoms with van der Waals surface area (Å²) in [5.74, 6) is 0.203. The van der Waals surface area contributed by atoms with Crippen LogP contribution in [0, 0.1) is 0 Å². The van der Waals surface area contributed by atoms with E-state index in [2.05, 4.69) is 15.8 Å². The zero-order valence-corrected chi connectivity index (χ0v) is 17.3. The molecule has 0 aliphatic heterocycles. The Morgan fingerprint density at radius 3 is 2.23 bits per heavy atom. The smallest absolute Gasteiger partial charge is 0.258 e. The van der Waals surface area contributed by atoms with Gasteiger partial charge < -0.3 is 10.1 Å². The first kappa shape index (κ1) is 21.8. The molecule has 0 aromatic heterocycles. The summed E-state index contributed by atoms with van der Waals surface area (Å²) >= 11 is 0. The Kier molecular flexibility index (Phi) is 7.94. The van der Waals surface area contributed by atoms with Crippen LogP contribution in [0.3, 0.4) is 0 Å². The first-order valence-corrected chi connectivity index (χ1v) is 10.0. The molecule has 0 unspecified atom stereocenters. The highest BCUT2D eigenvalue weighted by atomic mass is 16.5. The van der Waals surface area contributed by atoms with E-state index in [1.165, 1.54) is 0 Å². The van der Waals surface area contributed by atoms with Gasteiger partial charge in [0.2, 0.25) is 5.91 Å². The van der Waals surface area contributed by atoms with Crippen molar-refractivity contribution in [3.63, 3.8) is 0 Å². The van der Waals surface area contributed by atoms with Crippen molar-refractivity contribution >= 4 is 18.0 Å². The molecule has 158 valence electrons. The van der Waals surface area contributed by atoms with Crippen LogP contribution in [0.4, 0.5) is 0 Å². The van der Waals surface area contributed by atoms with Gasteiger partial charge in [-0.3, -0.25) is 9.59 Å². The number of rotatable bonds is 9. The molecule has 0 radical (unpaired) electrons. The molecule has 0 saturated carbocycles. The van der Waals surface area contributed by atoms with Crippen LogP contribution in [0.25, 0.3) is 0 Å². The van der Waals surface area contributed by atoms with Crippen LogP contribution < -0.4 is 15.5 Å². The average Bonchev–Trinajstić information content (AvgIpc) is 2.80. The SMILES string of the molecule is C[C@@H](NC(=O)COc1ccc(/C=N/NC(=O)Cc2ccccc2)cc1)c1ccccc1. The number of hydrogen-bond acceptors (Lipinski definition) is 4. The van der Waals surface area contributed by atoms with Crippen molar-refractivity contribution in [2.45, 2.75) is 19.4 Å². The topological polar surface area (TPSA) is 79.8 Å². The molecule has 3 rings (SSSR count). The number of nitrogens with one attached hydrogen (secondary N) is 2. The minimum Gasteiger partial charge on any atom is -0.484 e. The summed E-state index contributed by atoms with van der Waals surface area (Å²) in [6, 6.07) is 26.2. The molecule has 0 saturated heterocycles. The fraction of sp³-hybridized carbons (Fsp3) is 0.160. The number of ether oxygens (including phenoxy) is 1. The molecule has 1 atom stereocenters. The molecule has 0 aliphatic rings. The molecular weight excluding hydrogens is 390 g/mol. The van der Waals surface area contributed by atoms with Gasteiger partial charge in [0.15, 0.2) is 6.61 Å². The van der Waals surface area contributed by atoms with E-state index in [-0.39, 0.29) is 30.9 Å². The van der Waals surface area contributed by atoms with Crippen molar-refractivity contribution in [3.05, 3.63) is 102 Å². The third-order valence-electron chi connectivity index (χ3n) is 4.54. The maximum Gasteiger partial charge on any atom is 0.258 e. The molecule has 0 bridgehead atoms. The van der Waals surface area contributed by atoms with Crippen LogP contribution in [0.2, 0.25) is 0 Å². The number of benzene rings is 3. The van der Waals surface area contributed by atoms with Crippen LogP contribution in [-0.4, -0.2) is 24.6 Å². The molecule has 0 heterocycles. The molecule has 31 heavy (non-hydrogen) atoms.